The second kappa shape index (κ2) is 7.76. The number of amides is 2. The quantitative estimate of drug-likeness (QED) is 0.819. The zero-order valence-electron chi connectivity index (χ0n) is 12.6. The Hall–Kier alpha value is -0.910. The van der Waals surface area contributed by atoms with E-state index in [1.807, 2.05) is 23.6 Å². The van der Waals surface area contributed by atoms with Crippen molar-refractivity contribution < 1.29 is 14.7 Å². The van der Waals surface area contributed by atoms with E-state index in [0.717, 1.165) is 25.3 Å². The van der Waals surface area contributed by atoms with Crippen LogP contribution in [0.25, 0.3) is 0 Å². The van der Waals surface area contributed by atoms with Crippen molar-refractivity contribution in [1.29, 1.82) is 0 Å². The maximum Gasteiger partial charge on any atom is 0.317 e. The first-order valence-corrected chi connectivity index (χ1v) is 8.20. The molecule has 1 aliphatic heterocycles. The summed E-state index contributed by atoms with van der Waals surface area (Å²) in [5.41, 5.74) is 0. The first-order valence-electron chi connectivity index (χ1n) is 7.21. The van der Waals surface area contributed by atoms with Gasteiger partial charge in [0.1, 0.15) is 0 Å². The van der Waals surface area contributed by atoms with Crippen LogP contribution in [0, 0.1) is 0 Å². The predicted octanol–water partition coefficient (Wildman–Crippen LogP) is 2.56. The molecule has 1 saturated heterocycles. The molecule has 0 saturated carbocycles. The van der Waals surface area contributed by atoms with Gasteiger partial charge in [0.05, 0.1) is 0 Å². The molecule has 6 heteroatoms. The van der Waals surface area contributed by atoms with E-state index in [1.165, 1.54) is 0 Å². The first-order chi connectivity index (χ1) is 9.30. The summed E-state index contributed by atoms with van der Waals surface area (Å²) in [6.07, 6.45) is 2.46. The van der Waals surface area contributed by atoms with Crippen LogP contribution in [0.4, 0.5) is 4.79 Å². The number of carbonyl (C=O) groups excluding carboxylic acids is 1. The fourth-order valence-corrected chi connectivity index (χ4v) is 3.26. The highest BCUT2D eigenvalue weighted by Gasteiger charge is 2.26. The van der Waals surface area contributed by atoms with Gasteiger partial charge in [-0.15, -0.1) is 0 Å². The van der Waals surface area contributed by atoms with Crippen LogP contribution in [0.2, 0.25) is 0 Å². The van der Waals surface area contributed by atoms with Gasteiger partial charge in [0.25, 0.3) is 0 Å². The van der Waals surface area contributed by atoms with E-state index in [4.69, 9.17) is 5.11 Å². The van der Waals surface area contributed by atoms with E-state index in [0.29, 0.717) is 12.8 Å². The molecule has 2 N–H and O–H groups in total. The lowest BCUT2D eigenvalue weighted by Gasteiger charge is -2.24. The molecule has 0 aromatic carbocycles. The molecule has 0 aliphatic carbocycles. The normalized spacial score (nSPS) is 20.1. The van der Waals surface area contributed by atoms with Crippen molar-refractivity contribution in [3.63, 3.8) is 0 Å². The van der Waals surface area contributed by atoms with Gasteiger partial charge in [0.15, 0.2) is 0 Å². The van der Waals surface area contributed by atoms with Crippen molar-refractivity contribution in [2.24, 2.45) is 0 Å². The number of hydrogen-bond acceptors (Lipinski definition) is 3. The maximum absolute atomic E-state index is 12.2. The van der Waals surface area contributed by atoms with Crippen molar-refractivity contribution in [2.75, 3.05) is 18.8 Å². The molecular formula is C14H26N2O3S. The Morgan fingerprint density at radius 3 is 2.75 bits per heavy atom. The largest absolute Gasteiger partial charge is 0.481 e. The minimum atomic E-state index is -0.782. The average Bonchev–Trinajstić information content (AvgIpc) is 2.49. The lowest BCUT2D eigenvalue weighted by molar-refractivity contribution is -0.137. The van der Waals surface area contributed by atoms with Crippen LogP contribution in [0.3, 0.4) is 0 Å². The summed E-state index contributed by atoms with van der Waals surface area (Å²) in [6, 6.07) is -0.00288. The molecule has 116 valence electrons. The van der Waals surface area contributed by atoms with Gasteiger partial charge in [-0.05, 0) is 26.2 Å². The second-order valence-electron chi connectivity index (χ2n) is 5.98. The third kappa shape index (κ3) is 6.50. The Kier molecular flexibility index (Phi) is 6.65. The van der Waals surface area contributed by atoms with Gasteiger partial charge in [0, 0.05) is 36.1 Å². The molecule has 1 heterocycles. The predicted molar refractivity (Wildman–Crippen MR) is 82.2 cm³/mol. The van der Waals surface area contributed by atoms with Gasteiger partial charge in [-0.25, -0.2) is 4.79 Å². The van der Waals surface area contributed by atoms with Gasteiger partial charge in [-0.2, -0.15) is 11.8 Å². The molecule has 1 atom stereocenters. The van der Waals surface area contributed by atoms with E-state index in [1.54, 1.807) is 0 Å². The van der Waals surface area contributed by atoms with E-state index >= 15 is 0 Å². The molecule has 5 nitrogen and oxygen atoms in total. The molecule has 2 amide bonds. The van der Waals surface area contributed by atoms with E-state index in [2.05, 4.69) is 19.2 Å². The van der Waals surface area contributed by atoms with Gasteiger partial charge in [0.2, 0.25) is 0 Å². The molecular weight excluding hydrogens is 276 g/mol. The van der Waals surface area contributed by atoms with Crippen molar-refractivity contribution in [1.82, 2.24) is 10.2 Å². The van der Waals surface area contributed by atoms with Crippen LogP contribution in [0.5, 0.6) is 0 Å². The minimum Gasteiger partial charge on any atom is -0.481 e. The van der Waals surface area contributed by atoms with Crippen LogP contribution in [0.15, 0.2) is 0 Å². The Morgan fingerprint density at radius 2 is 2.10 bits per heavy atom. The number of carboxylic acids is 1. The number of nitrogens with zero attached hydrogens (tertiary/aromatic N) is 1. The van der Waals surface area contributed by atoms with Gasteiger partial charge in [-0.3, -0.25) is 4.79 Å². The fourth-order valence-electron chi connectivity index (χ4n) is 2.16. The Bertz CT molecular complexity index is 347. The zero-order valence-corrected chi connectivity index (χ0v) is 13.5. The molecule has 0 radical (unpaired) electrons. The third-order valence-electron chi connectivity index (χ3n) is 3.52. The smallest absolute Gasteiger partial charge is 0.317 e. The molecule has 0 spiro atoms. The number of rotatable bonds is 5. The molecule has 0 aromatic rings. The summed E-state index contributed by atoms with van der Waals surface area (Å²) in [5.74, 6) is 0.184. The molecule has 20 heavy (non-hydrogen) atoms. The van der Waals surface area contributed by atoms with Gasteiger partial charge < -0.3 is 15.3 Å². The summed E-state index contributed by atoms with van der Waals surface area (Å²) in [4.78, 5) is 24.5. The van der Waals surface area contributed by atoms with Crippen LogP contribution >= 0.6 is 11.8 Å². The molecule has 1 rings (SSSR count). The Morgan fingerprint density at radius 1 is 1.40 bits per heavy atom. The molecule has 0 aromatic heterocycles. The van der Waals surface area contributed by atoms with Crippen molar-refractivity contribution in [3.05, 3.63) is 0 Å². The summed E-state index contributed by atoms with van der Waals surface area (Å²) in [6.45, 7) is 7.92. The highest BCUT2D eigenvalue weighted by Crippen LogP contribution is 2.30. The highest BCUT2D eigenvalue weighted by molar-refractivity contribution is 8.00. The average molecular weight is 302 g/mol. The Labute approximate surface area is 125 Å². The second-order valence-corrected chi connectivity index (χ2v) is 7.78. The summed E-state index contributed by atoms with van der Waals surface area (Å²) in [5, 5.41) is 11.6. The van der Waals surface area contributed by atoms with Crippen LogP contribution in [0.1, 0.15) is 46.5 Å². The van der Waals surface area contributed by atoms with Crippen LogP contribution in [-0.4, -0.2) is 51.6 Å². The van der Waals surface area contributed by atoms with E-state index in [-0.39, 0.29) is 23.2 Å². The Balaban J connectivity index is 2.32. The number of nitrogens with one attached hydrogen (secondary N) is 1. The first kappa shape index (κ1) is 17.1. The van der Waals surface area contributed by atoms with E-state index in [9.17, 15) is 9.59 Å². The number of carboxylic acid groups (broad SMARTS) is 1. The topological polar surface area (TPSA) is 69.6 Å². The molecule has 1 fully saturated rings. The number of hydrogen-bond donors (Lipinski definition) is 2. The molecule has 1 aliphatic rings. The van der Waals surface area contributed by atoms with Crippen molar-refractivity contribution in [2.45, 2.75) is 57.2 Å². The van der Waals surface area contributed by atoms with Crippen LogP contribution in [-0.2, 0) is 4.79 Å². The highest BCUT2D eigenvalue weighted by atomic mass is 32.2. The van der Waals surface area contributed by atoms with Crippen LogP contribution < -0.4 is 5.32 Å². The number of carbonyl (C=O) groups is 2. The van der Waals surface area contributed by atoms with E-state index < -0.39 is 5.97 Å². The number of aliphatic carboxylic acids is 1. The third-order valence-corrected chi connectivity index (χ3v) is 4.89. The fraction of sp³-hybridized carbons (Fsp3) is 0.857. The lowest BCUT2D eigenvalue weighted by atomic mass is 10.1. The summed E-state index contributed by atoms with van der Waals surface area (Å²) in [7, 11) is 0. The van der Waals surface area contributed by atoms with Crippen molar-refractivity contribution in [3.8, 4) is 0 Å². The zero-order chi connectivity index (χ0) is 15.2. The van der Waals surface area contributed by atoms with Crippen molar-refractivity contribution >= 4 is 23.8 Å². The molecule has 1 unspecified atom stereocenters. The number of thioether (sulfide) groups is 1. The number of urea groups is 1. The summed E-state index contributed by atoms with van der Waals surface area (Å²) >= 11 is 1.91. The van der Waals surface area contributed by atoms with Gasteiger partial charge >= 0.3 is 12.0 Å². The maximum atomic E-state index is 12.2. The minimum absolute atomic E-state index is 0.0192. The monoisotopic (exact) mass is 302 g/mol. The van der Waals surface area contributed by atoms with Gasteiger partial charge in [-0.1, -0.05) is 13.8 Å². The SMILES string of the molecule is CC(CCCC(=O)O)NC(=O)N1CCSC(C)(C)CC1. The standard InChI is InChI=1S/C14H26N2O3S/c1-11(5-4-6-12(17)18)15-13(19)16-8-7-14(2,3)20-10-9-16/h11H,4-10H2,1-3H3,(H,15,19)(H,17,18). The molecule has 0 bridgehead atoms. The lowest BCUT2D eigenvalue weighted by Crippen LogP contribution is -2.45. The summed E-state index contributed by atoms with van der Waals surface area (Å²) < 4.78 is 0.238.